The average molecular weight is 450 g/mol. The number of hydrogen-bond donors (Lipinski definition) is 1. The first-order valence-electron chi connectivity index (χ1n) is 11.1. The molecule has 2 aliphatic heterocycles. The topological polar surface area (TPSA) is 113 Å². The zero-order valence-electron chi connectivity index (χ0n) is 18.5. The van der Waals surface area contributed by atoms with Crippen LogP contribution in [0.3, 0.4) is 0 Å². The SMILES string of the molecule is CCCCC1(c2ccccc2)NC(=O)N(CC(=O)N2CCCc3cc([N+](=O)[O-])ccc32)C1=O. The van der Waals surface area contributed by atoms with Gasteiger partial charge in [-0.15, -0.1) is 0 Å². The van der Waals surface area contributed by atoms with Crippen LogP contribution in [0.2, 0.25) is 0 Å². The number of carbonyl (C=O) groups excluding carboxylic acids is 3. The van der Waals surface area contributed by atoms with Crippen molar-refractivity contribution < 1.29 is 19.3 Å². The maximum atomic E-state index is 13.5. The number of nitrogens with one attached hydrogen (secondary N) is 1. The van der Waals surface area contributed by atoms with E-state index < -0.39 is 28.3 Å². The van der Waals surface area contributed by atoms with E-state index in [1.54, 1.807) is 6.07 Å². The van der Waals surface area contributed by atoms with Crippen LogP contribution in [0.5, 0.6) is 0 Å². The molecule has 0 saturated carbocycles. The Bertz CT molecular complexity index is 1100. The van der Waals surface area contributed by atoms with E-state index in [4.69, 9.17) is 0 Å². The first-order chi connectivity index (χ1) is 15.9. The van der Waals surface area contributed by atoms with Crippen molar-refractivity contribution in [3.05, 3.63) is 69.8 Å². The fourth-order valence-electron chi connectivity index (χ4n) is 4.62. The van der Waals surface area contributed by atoms with Gasteiger partial charge < -0.3 is 10.2 Å². The molecule has 9 nitrogen and oxygen atoms in total. The van der Waals surface area contributed by atoms with Gasteiger partial charge in [0.15, 0.2) is 0 Å². The number of nitro benzene ring substituents is 1. The number of anilines is 1. The Balaban J connectivity index is 1.59. The highest BCUT2D eigenvalue weighted by atomic mass is 16.6. The third kappa shape index (κ3) is 4.06. The van der Waals surface area contributed by atoms with E-state index in [1.165, 1.54) is 17.0 Å². The Kier molecular flexibility index (Phi) is 6.13. The molecule has 2 aliphatic rings. The molecule has 0 aromatic heterocycles. The molecule has 0 aliphatic carbocycles. The molecule has 172 valence electrons. The van der Waals surface area contributed by atoms with Gasteiger partial charge in [0.2, 0.25) is 5.91 Å². The molecular formula is C24H26N4O5. The first-order valence-corrected chi connectivity index (χ1v) is 11.1. The van der Waals surface area contributed by atoms with E-state index in [2.05, 4.69) is 5.32 Å². The van der Waals surface area contributed by atoms with Crippen molar-refractivity contribution in [2.24, 2.45) is 0 Å². The fourth-order valence-corrected chi connectivity index (χ4v) is 4.62. The van der Waals surface area contributed by atoms with Crippen LogP contribution in [-0.4, -0.2) is 40.8 Å². The van der Waals surface area contributed by atoms with Gasteiger partial charge in [0, 0.05) is 24.4 Å². The summed E-state index contributed by atoms with van der Waals surface area (Å²) in [6.07, 6.45) is 3.30. The molecule has 0 radical (unpaired) electrons. The third-order valence-electron chi connectivity index (χ3n) is 6.33. The number of benzene rings is 2. The number of carbonyl (C=O) groups is 3. The maximum absolute atomic E-state index is 13.5. The Labute approximate surface area is 191 Å². The largest absolute Gasteiger partial charge is 0.325 e. The molecule has 0 bridgehead atoms. The number of imide groups is 1. The molecule has 2 aromatic rings. The molecule has 1 fully saturated rings. The van der Waals surface area contributed by atoms with Crippen LogP contribution in [0.4, 0.5) is 16.2 Å². The molecule has 9 heteroatoms. The summed E-state index contributed by atoms with van der Waals surface area (Å²) in [5, 5.41) is 14.0. The number of unbranched alkanes of at least 4 members (excludes halogenated alkanes) is 1. The zero-order chi connectivity index (χ0) is 23.6. The minimum Gasteiger partial charge on any atom is -0.319 e. The van der Waals surface area contributed by atoms with Crippen molar-refractivity contribution in [2.45, 2.75) is 44.6 Å². The summed E-state index contributed by atoms with van der Waals surface area (Å²) in [6, 6.07) is 12.9. The molecule has 1 saturated heterocycles. The van der Waals surface area contributed by atoms with Gasteiger partial charge in [-0.1, -0.05) is 50.1 Å². The van der Waals surface area contributed by atoms with Crippen LogP contribution in [0.25, 0.3) is 0 Å². The van der Waals surface area contributed by atoms with Crippen molar-refractivity contribution >= 4 is 29.2 Å². The molecule has 2 heterocycles. The number of nitrogens with zero attached hydrogens (tertiary/aromatic N) is 3. The molecule has 33 heavy (non-hydrogen) atoms. The normalized spacial score (nSPS) is 19.9. The van der Waals surface area contributed by atoms with Crippen LogP contribution in [0.15, 0.2) is 48.5 Å². The second-order valence-electron chi connectivity index (χ2n) is 8.42. The Morgan fingerprint density at radius 1 is 1.18 bits per heavy atom. The van der Waals surface area contributed by atoms with Crippen molar-refractivity contribution in [3.63, 3.8) is 0 Å². The molecular weight excluding hydrogens is 424 g/mol. The molecule has 2 aromatic carbocycles. The summed E-state index contributed by atoms with van der Waals surface area (Å²) in [4.78, 5) is 52.7. The van der Waals surface area contributed by atoms with Crippen LogP contribution < -0.4 is 10.2 Å². The number of fused-ring (bicyclic) bond motifs is 1. The van der Waals surface area contributed by atoms with E-state index >= 15 is 0 Å². The monoisotopic (exact) mass is 450 g/mol. The average Bonchev–Trinajstić information content (AvgIpc) is 3.07. The van der Waals surface area contributed by atoms with Crippen molar-refractivity contribution in [3.8, 4) is 0 Å². The summed E-state index contributed by atoms with van der Waals surface area (Å²) in [5.41, 5.74) is 0.782. The van der Waals surface area contributed by atoms with Crippen LogP contribution >= 0.6 is 0 Å². The summed E-state index contributed by atoms with van der Waals surface area (Å²) < 4.78 is 0. The molecule has 4 amide bonds. The molecule has 1 unspecified atom stereocenters. The number of amides is 4. The summed E-state index contributed by atoms with van der Waals surface area (Å²) in [5.74, 6) is -0.825. The van der Waals surface area contributed by atoms with Crippen LogP contribution in [-0.2, 0) is 21.5 Å². The second-order valence-corrected chi connectivity index (χ2v) is 8.42. The summed E-state index contributed by atoms with van der Waals surface area (Å²) in [7, 11) is 0. The highest BCUT2D eigenvalue weighted by molar-refractivity contribution is 6.10. The molecule has 1 atom stereocenters. The van der Waals surface area contributed by atoms with Gasteiger partial charge in [-0.25, -0.2) is 4.79 Å². The standard InChI is InChI=1S/C24H26N4O5/c1-2-3-13-24(18-9-5-4-6-10-18)22(30)27(23(31)25-24)16-21(29)26-14-7-8-17-15-19(28(32)33)11-12-20(17)26/h4-6,9-12,15H,2-3,7-8,13-14,16H2,1H3,(H,25,31). The minimum atomic E-state index is -1.19. The zero-order valence-corrected chi connectivity index (χ0v) is 18.5. The predicted molar refractivity (Wildman–Crippen MR) is 122 cm³/mol. The van der Waals surface area contributed by atoms with Crippen molar-refractivity contribution in [1.82, 2.24) is 10.2 Å². The van der Waals surface area contributed by atoms with E-state index in [9.17, 15) is 24.5 Å². The molecule has 4 rings (SSSR count). The smallest absolute Gasteiger partial charge is 0.319 e. The van der Waals surface area contributed by atoms with Gasteiger partial charge in [0.1, 0.15) is 12.1 Å². The number of aryl methyl sites for hydroxylation is 1. The van der Waals surface area contributed by atoms with Gasteiger partial charge in [-0.2, -0.15) is 0 Å². The number of nitro groups is 1. The third-order valence-corrected chi connectivity index (χ3v) is 6.33. The number of urea groups is 1. The lowest BCUT2D eigenvalue weighted by Crippen LogP contribution is -2.46. The Hall–Kier alpha value is -3.75. The van der Waals surface area contributed by atoms with Gasteiger partial charge in [0.25, 0.3) is 11.6 Å². The lowest BCUT2D eigenvalue weighted by atomic mass is 9.85. The quantitative estimate of drug-likeness (QED) is 0.394. The Morgan fingerprint density at radius 3 is 2.64 bits per heavy atom. The number of non-ortho nitro benzene ring substituents is 1. The highest BCUT2D eigenvalue weighted by Gasteiger charge is 2.52. The highest BCUT2D eigenvalue weighted by Crippen LogP contribution is 2.35. The van der Waals surface area contributed by atoms with Crippen LogP contribution in [0, 0.1) is 10.1 Å². The minimum absolute atomic E-state index is 0.0271. The van der Waals surface area contributed by atoms with E-state index in [0.717, 1.165) is 17.7 Å². The van der Waals surface area contributed by atoms with Gasteiger partial charge in [-0.3, -0.25) is 24.6 Å². The summed E-state index contributed by atoms with van der Waals surface area (Å²) in [6.45, 7) is 2.05. The fraction of sp³-hybridized carbons (Fsp3) is 0.375. The van der Waals surface area contributed by atoms with E-state index in [1.807, 2.05) is 37.3 Å². The van der Waals surface area contributed by atoms with Gasteiger partial charge >= 0.3 is 6.03 Å². The maximum Gasteiger partial charge on any atom is 0.325 e. The van der Waals surface area contributed by atoms with Gasteiger partial charge in [0.05, 0.1) is 4.92 Å². The lowest BCUT2D eigenvalue weighted by molar-refractivity contribution is -0.384. The number of hydrogen-bond acceptors (Lipinski definition) is 5. The molecule has 1 N–H and O–H groups in total. The van der Waals surface area contributed by atoms with Crippen LogP contribution in [0.1, 0.15) is 43.7 Å². The van der Waals surface area contributed by atoms with Gasteiger partial charge in [-0.05, 0) is 36.5 Å². The van der Waals surface area contributed by atoms with Crippen molar-refractivity contribution in [2.75, 3.05) is 18.0 Å². The summed E-state index contributed by atoms with van der Waals surface area (Å²) >= 11 is 0. The Morgan fingerprint density at radius 2 is 1.94 bits per heavy atom. The molecule has 0 spiro atoms. The lowest BCUT2D eigenvalue weighted by Gasteiger charge is -2.31. The predicted octanol–water partition coefficient (Wildman–Crippen LogP) is 3.51. The van der Waals surface area contributed by atoms with E-state index in [-0.39, 0.29) is 12.2 Å². The number of rotatable bonds is 7. The second kappa shape index (κ2) is 9.01. The first kappa shape index (κ1) is 22.4. The van der Waals surface area contributed by atoms with Crippen molar-refractivity contribution in [1.29, 1.82) is 0 Å². The van der Waals surface area contributed by atoms with E-state index in [0.29, 0.717) is 42.6 Å².